The Labute approximate surface area is 189 Å². The van der Waals surface area contributed by atoms with E-state index in [0.29, 0.717) is 6.42 Å². The molecule has 2 heterocycles. The Morgan fingerprint density at radius 3 is 2.44 bits per heavy atom. The maximum absolute atomic E-state index is 12.8. The molecule has 0 aliphatic heterocycles. The summed E-state index contributed by atoms with van der Waals surface area (Å²) in [6.45, 7) is 7.73. The number of nitrogens with zero attached hydrogens (tertiary/aromatic N) is 2. The summed E-state index contributed by atoms with van der Waals surface area (Å²) in [6, 6.07) is 20.2. The van der Waals surface area contributed by atoms with Gasteiger partial charge in [-0.1, -0.05) is 48.5 Å². The second kappa shape index (κ2) is 8.87. The minimum Gasteiger partial charge on any atom is -0.444 e. The normalized spacial score (nSPS) is 12.5. The Hall–Kier alpha value is -3.60. The molecule has 4 aromatic rings. The summed E-state index contributed by atoms with van der Waals surface area (Å²) >= 11 is 0. The highest BCUT2D eigenvalue weighted by molar-refractivity contribution is 5.89. The summed E-state index contributed by atoms with van der Waals surface area (Å²) < 4.78 is 7.77. The molecule has 0 saturated carbocycles. The SMILES string of the molecule is Cc1cn(-c2ccncc2)c2c(C(Cc3ccccc3)NC(=O)OC(C)(C)C)cccc12. The van der Waals surface area contributed by atoms with Crippen LogP contribution in [-0.4, -0.2) is 21.2 Å². The van der Waals surface area contributed by atoms with Gasteiger partial charge in [0.25, 0.3) is 0 Å². The van der Waals surface area contributed by atoms with Crippen LogP contribution in [0.25, 0.3) is 16.6 Å². The summed E-state index contributed by atoms with van der Waals surface area (Å²) in [5.41, 5.74) is 4.90. The van der Waals surface area contributed by atoms with E-state index in [1.807, 2.05) is 51.1 Å². The molecule has 0 spiro atoms. The number of para-hydroxylation sites is 1. The van der Waals surface area contributed by atoms with Crippen LogP contribution in [-0.2, 0) is 11.2 Å². The molecule has 32 heavy (non-hydrogen) atoms. The van der Waals surface area contributed by atoms with Crippen molar-refractivity contribution < 1.29 is 9.53 Å². The molecule has 1 unspecified atom stereocenters. The van der Waals surface area contributed by atoms with Crippen molar-refractivity contribution in [1.29, 1.82) is 0 Å². The van der Waals surface area contributed by atoms with Gasteiger partial charge in [-0.05, 0) is 62.9 Å². The highest BCUT2D eigenvalue weighted by Gasteiger charge is 2.24. The van der Waals surface area contributed by atoms with Crippen LogP contribution < -0.4 is 5.32 Å². The second-order valence-corrected chi connectivity index (χ2v) is 9.02. The number of ether oxygens (including phenoxy) is 1. The van der Waals surface area contributed by atoms with E-state index in [0.717, 1.165) is 27.7 Å². The number of carbonyl (C=O) groups is 1. The highest BCUT2D eigenvalue weighted by atomic mass is 16.6. The van der Waals surface area contributed by atoms with Crippen molar-refractivity contribution in [2.24, 2.45) is 0 Å². The van der Waals surface area contributed by atoms with Crippen molar-refractivity contribution in [3.05, 3.63) is 95.9 Å². The lowest BCUT2D eigenvalue weighted by molar-refractivity contribution is 0.0503. The number of alkyl carbamates (subject to hydrolysis) is 1. The quantitative estimate of drug-likeness (QED) is 0.416. The number of aryl methyl sites for hydroxylation is 1. The van der Waals surface area contributed by atoms with Crippen molar-refractivity contribution in [2.75, 3.05) is 0 Å². The average Bonchev–Trinajstić information content (AvgIpc) is 3.10. The molecule has 0 bridgehead atoms. The van der Waals surface area contributed by atoms with Crippen LogP contribution in [0.1, 0.15) is 43.5 Å². The molecular weight excluding hydrogens is 398 g/mol. The van der Waals surface area contributed by atoms with Crippen LogP contribution in [0.3, 0.4) is 0 Å². The number of rotatable bonds is 5. The lowest BCUT2D eigenvalue weighted by atomic mass is 9.96. The Bertz CT molecular complexity index is 1210. The van der Waals surface area contributed by atoms with Crippen LogP contribution in [0.5, 0.6) is 0 Å². The van der Waals surface area contributed by atoms with E-state index in [2.05, 4.69) is 58.3 Å². The number of hydrogen-bond donors (Lipinski definition) is 1. The van der Waals surface area contributed by atoms with Gasteiger partial charge in [0.1, 0.15) is 5.60 Å². The standard InChI is InChI=1S/C27H29N3O2/c1-19-18-30(21-13-15-28-16-14-21)25-22(19)11-8-12-23(25)24(17-20-9-6-5-7-10-20)29-26(31)32-27(2,3)4/h5-16,18,24H,17H2,1-4H3,(H,29,31). The fourth-order valence-electron chi connectivity index (χ4n) is 4.00. The van der Waals surface area contributed by atoms with Gasteiger partial charge in [0, 0.05) is 29.7 Å². The fraction of sp³-hybridized carbons (Fsp3) is 0.259. The lowest BCUT2D eigenvalue weighted by Gasteiger charge is -2.25. The van der Waals surface area contributed by atoms with Crippen molar-refractivity contribution in [2.45, 2.75) is 45.8 Å². The molecule has 0 radical (unpaired) electrons. The third kappa shape index (κ3) is 4.83. The van der Waals surface area contributed by atoms with Crippen molar-refractivity contribution in [3.8, 4) is 5.69 Å². The Kier molecular flexibility index (Phi) is 5.99. The zero-order valence-corrected chi connectivity index (χ0v) is 19.0. The molecular formula is C27H29N3O2. The number of nitrogens with one attached hydrogen (secondary N) is 1. The number of amides is 1. The molecule has 1 atom stereocenters. The Balaban J connectivity index is 1.83. The number of aromatic nitrogens is 2. The second-order valence-electron chi connectivity index (χ2n) is 9.02. The predicted octanol–water partition coefficient (Wildman–Crippen LogP) is 6.14. The molecule has 0 aliphatic rings. The molecule has 1 N–H and O–H groups in total. The minimum absolute atomic E-state index is 0.258. The van der Waals surface area contributed by atoms with Gasteiger partial charge in [-0.15, -0.1) is 0 Å². The molecule has 4 rings (SSSR count). The van der Waals surface area contributed by atoms with E-state index in [1.165, 1.54) is 5.56 Å². The predicted molar refractivity (Wildman–Crippen MR) is 128 cm³/mol. The van der Waals surface area contributed by atoms with Gasteiger partial charge >= 0.3 is 6.09 Å². The summed E-state index contributed by atoms with van der Waals surface area (Å²) in [5, 5.41) is 4.29. The van der Waals surface area contributed by atoms with Crippen molar-refractivity contribution >= 4 is 17.0 Å². The first-order valence-electron chi connectivity index (χ1n) is 10.9. The molecule has 1 amide bonds. The smallest absolute Gasteiger partial charge is 0.408 e. The van der Waals surface area contributed by atoms with Crippen LogP contribution >= 0.6 is 0 Å². The van der Waals surface area contributed by atoms with Crippen LogP contribution in [0.2, 0.25) is 0 Å². The number of hydrogen-bond acceptors (Lipinski definition) is 3. The maximum atomic E-state index is 12.8. The van der Waals surface area contributed by atoms with Gasteiger partial charge in [0.15, 0.2) is 0 Å². The summed E-state index contributed by atoms with van der Waals surface area (Å²) in [4.78, 5) is 16.9. The molecule has 0 fully saturated rings. The first-order valence-corrected chi connectivity index (χ1v) is 10.9. The zero-order valence-electron chi connectivity index (χ0n) is 19.0. The molecule has 2 aromatic heterocycles. The molecule has 0 saturated heterocycles. The van der Waals surface area contributed by atoms with E-state index in [9.17, 15) is 4.79 Å². The van der Waals surface area contributed by atoms with E-state index >= 15 is 0 Å². The third-order valence-corrected chi connectivity index (χ3v) is 5.35. The molecule has 164 valence electrons. The monoisotopic (exact) mass is 427 g/mol. The fourth-order valence-corrected chi connectivity index (χ4v) is 4.00. The lowest BCUT2D eigenvalue weighted by Crippen LogP contribution is -2.36. The number of benzene rings is 2. The molecule has 5 heteroatoms. The van der Waals surface area contributed by atoms with Crippen LogP contribution in [0.4, 0.5) is 4.79 Å². The first-order chi connectivity index (χ1) is 15.3. The summed E-state index contributed by atoms with van der Waals surface area (Å²) in [7, 11) is 0. The number of pyridine rings is 1. The van der Waals surface area contributed by atoms with E-state index in [1.54, 1.807) is 12.4 Å². The van der Waals surface area contributed by atoms with Crippen molar-refractivity contribution in [1.82, 2.24) is 14.9 Å². The molecule has 2 aromatic carbocycles. The van der Waals surface area contributed by atoms with Gasteiger partial charge in [-0.25, -0.2) is 4.79 Å². The topological polar surface area (TPSA) is 56.2 Å². The van der Waals surface area contributed by atoms with Gasteiger partial charge in [-0.3, -0.25) is 4.98 Å². The van der Waals surface area contributed by atoms with Gasteiger partial charge in [-0.2, -0.15) is 0 Å². The van der Waals surface area contributed by atoms with Crippen LogP contribution in [0, 0.1) is 6.92 Å². The third-order valence-electron chi connectivity index (χ3n) is 5.35. The number of carbonyl (C=O) groups excluding carboxylic acids is 1. The van der Waals surface area contributed by atoms with Crippen LogP contribution in [0.15, 0.2) is 79.3 Å². The zero-order chi connectivity index (χ0) is 22.7. The van der Waals surface area contributed by atoms with Crippen molar-refractivity contribution in [3.63, 3.8) is 0 Å². The molecule has 5 nitrogen and oxygen atoms in total. The highest BCUT2D eigenvalue weighted by Crippen LogP contribution is 2.32. The molecule has 0 aliphatic carbocycles. The Morgan fingerprint density at radius 2 is 1.75 bits per heavy atom. The van der Waals surface area contributed by atoms with E-state index in [4.69, 9.17) is 4.74 Å². The summed E-state index contributed by atoms with van der Waals surface area (Å²) in [5.74, 6) is 0. The largest absolute Gasteiger partial charge is 0.444 e. The first kappa shape index (κ1) is 21.6. The van der Waals surface area contributed by atoms with E-state index in [-0.39, 0.29) is 6.04 Å². The van der Waals surface area contributed by atoms with E-state index < -0.39 is 11.7 Å². The van der Waals surface area contributed by atoms with Gasteiger partial charge in [0.05, 0.1) is 11.6 Å². The minimum atomic E-state index is -0.568. The average molecular weight is 428 g/mol. The maximum Gasteiger partial charge on any atom is 0.408 e. The Morgan fingerprint density at radius 1 is 1.03 bits per heavy atom. The van der Waals surface area contributed by atoms with Gasteiger partial charge < -0.3 is 14.6 Å². The summed E-state index contributed by atoms with van der Waals surface area (Å²) in [6.07, 6.45) is 5.95. The number of fused-ring (bicyclic) bond motifs is 1. The van der Waals surface area contributed by atoms with Gasteiger partial charge in [0.2, 0.25) is 0 Å².